The van der Waals surface area contributed by atoms with Crippen LogP contribution in [-0.4, -0.2) is 17.5 Å². The van der Waals surface area contributed by atoms with Gasteiger partial charge in [0.1, 0.15) is 5.75 Å². The van der Waals surface area contributed by atoms with Crippen LogP contribution in [0.15, 0.2) is 53.8 Å². The Morgan fingerprint density at radius 3 is 2.50 bits per heavy atom. The maximum absolute atomic E-state index is 5.32. The Labute approximate surface area is 95.0 Å². The van der Waals surface area contributed by atoms with Crippen molar-refractivity contribution < 1.29 is 4.74 Å². The molecule has 16 heavy (non-hydrogen) atoms. The van der Waals surface area contributed by atoms with Crippen LogP contribution in [0.2, 0.25) is 0 Å². The lowest BCUT2D eigenvalue weighted by atomic mass is 10.3. The Morgan fingerprint density at radius 2 is 1.88 bits per heavy atom. The van der Waals surface area contributed by atoms with Crippen LogP contribution in [0.4, 0.5) is 0 Å². The molecule has 0 aliphatic rings. The molecule has 0 N–H and O–H groups in total. The fraction of sp³-hybridized carbons (Fsp3) is 0.154. The molecule has 0 aliphatic heterocycles. The third kappa shape index (κ3) is 2.51. The van der Waals surface area contributed by atoms with Gasteiger partial charge < -0.3 is 9.30 Å². The first-order chi connectivity index (χ1) is 7.90. The van der Waals surface area contributed by atoms with Crippen LogP contribution in [0.1, 0.15) is 6.92 Å². The van der Waals surface area contributed by atoms with Gasteiger partial charge in [0, 0.05) is 24.6 Å². The van der Waals surface area contributed by atoms with Gasteiger partial charge in [-0.15, -0.1) is 0 Å². The summed E-state index contributed by atoms with van der Waals surface area (Å²) in [5.74, 6) is 0.799. The number of aliphatic imine (C=N–C) groups is 1. The third-order valence-electron chi connectivity index (χ3n) is 2.19. The summed E-state index contributed by atoms with van der Waals surface area (Å²) in [6, 6.07) is 11.9. The zero-order chi connectivity index (χ0) is 11.2. The largest absolute Gasteiger partial charge is 0.446 e. The summed E-state index contributed by atoms with van der Waals surface area (Å²) < 4.78 is 7.36. The molecule has 0 radical (unpaired) electrons. The summed E-state index contributed by atoms with van der Waals surface area (Å²) in [5, 5.41) is 0. The van der Waals surface area contributed by atoms with Gasteiger partial charge in [-0.2, -0.15) is 0 Å². The van der Waals surface area contributed by atoms with Crippen molar-refractivity contribution in [1.29, 1.82) is 0 Å². The van der Waals surface area contributed by atoms with Gasteiger partial charge in [-0.05, 0) is 43.3 Å². The molecule has 3 heteroatoms. The Hall–Kier alpha value is -2.03. The number of hydrogen-bond acceptors (Lipinski definition) is 2. The average Bonchev–Trinajstić information content (AvgIpc) is 2.84. The van der Waals surface area contributed by atoms with E-state index in [1.807, 2.05) is 60.3 Å². The van der Waals surface area contributed by atoms with Crippen LogP contribution in [0, 0.1) is 0 Å². The summed E-state index contributed by atoms with van der Waals surface area (Å²) in [5.41, 5.74) is 1.12. The van der Waals surface area contributed by atoms with E-state index in [2.05, 4.69) is 4.99 Å². The van der Waals surface area contributed by atoms with Gasteiger partial charge in [-0.1, -0.05) is 0 Å². The standard InChI is InChI=1S/C13H14N2O/c1-2-14-11-16-13-7-5-12(6-8-13)15-9-3-4-10-15/h3-11H,2H2,1H3. The van der Waals surface area contributed by atoms with Crippen molar-refractivity contribution in [3.8, 4) is 11.4 Å². The van der Waals surface area contributed by atoms with E-state index in [-0.39, 0.29) is 0 Å². The number of benzene rings is 1. The molecule has 2 aromatic rings. The predicted molar refractivity (Wildman–Crippen MR) is 65.4 cm³/mol. The van der Waals surface area contributed by atoms with Crippen molar-refractivity contribution in [2.24, 2.45) is 4.99 Å². The maximum atomic E-state index is 5.32. The second-order valence-electron chi connectivity index (χ2n) is 3.31. The maximum Gasteiger partial charge on any atom is 0.176 e. The Kier molecular flexibility index (Phi) is 3.38. The first-order valence-electron chi connectivity index (χ1n) is 5.28. The predicted octanol–water partition coefficient (Wildman–Crippen LogP) is 2.90. The first-order valence-corrected chi connectivity index (χ1v) is 5.28. The number of ether oxygens (including phenoxy) is 1. The van der Waals surface area contributed by atoms with Crippen LogP contribution in [0.3, 0.4) is 0 Å². The van der Waals surface area contributed by atoms with Crippen molar-refractivity contribution in [3.63, 3.8) is 0 Å². The molecule has 82 valence electrons. The monoisotopic (exact) mass is 214 g/mol. The smallest absolute Gasteiger partial charge is 0.176 e. The topological polar surface area (TPSA) is 26.5 Å². The average molecular weight is 214 g/mol. The van der Waals surface area contributed by atoms with Gasteiger partial charge in [-0.25, -0.2) is 0 Å². The van der Waals surface area contributed by atoms with Crippen molar-refractivity contribution >= 4 is 6.40 Å². The van der Waals surface area contributed by atoms with E-state index in [1.165, 1.54) is 6.40 Å². The van der Waals surface area contributed by atoms with E-state index in [0.717, 1.165) is 18.0 Å². The molecule has 0 saturated heterocycles. The lowest BCUT2D eigenvalue weighted by Crippen LogP contribution is -1.92. The van der Waals surface area contributed by atoms with Crippen LogP contribution in [-0.2, 0) is 0 Å². The van der Waals surface area contributed by atoms with Crippen LogP contribution in [0.25, 0.3) is 5.69 Å². The number of aromatic nitrogens is 1. The third-order valence-corrected chi connectivity index (χ3v) is 2.19. The van der Waals surface area contributed by atoms with Crippen LogP contribution >= 0.6 is 0 Å². The van der Waals surface area contributed by atoms with Crippen LogP contribution in [0.5, 0.6) is 5.75 Å². The highest BCUT2D eigenvalue weighted by molar-refractivity contribution is 5.52. The molecule has 1 aromatic carbocycles. The molecule has 0 spiro atoms. The molecular weight excluding hydrogens is 200 g/mol. The molecule has 0 amide bonds. The molecule has 0 atom stereocenters. The summed E-state index contributed by atoms with van der Waals surface area (Å²) >= 11 is 0. The molecule has 0 saturated carbocycles. The minimum absolute atomic E-state index is 0.738. The van der Waals surface area contributed by atoms with Gasteiger partial charge in [0.25, 0.3) is 0 Å². The summed E-state index contributed by atoms with van der Waals surface area (Å²) in [6.07, 6.45) is 5.49. The van der Waals surface area contributed by atoms with Gasteiger partial charge in [0.15, 0.2) is 6.40 Å². The summed E-state index contributed by atoms with van der Waals surface area (Å²) in [4.78, 5) is 3.99. The van der Waals surface area contributed by atoms with Gasteiger partial charge in [-0.3, -0.25) is 4.99 Å². The highest BCUT2D eigenvalue weighted by Gasteiger charge is 1.95. The fourth-order valence-electron chi connectivity index (χ4n) is 1.38. The van der Waals surface area contributed by atoms with E-state index in [9.17, 15) is 0 Å². The molecule has 3 nitrogen and oxygen atoms in total. The Balaban J connectivity index is 2.08. The SMILES string of the molecule is CCN=COc1ccc(-n2cccc2)cc1. The Bertz CT molecular complexity index is 443. The minimum atomic E-state index is 0.738. The van der Waals surface area contributed by atoms with Crippen molar-refractivity contribution in [3.05, 3.63) is 48.8 Å². The van der Waals surface area contributed by atoms with E-state index in [4.69, 9.17) is 4.74 Å². The van der Waals surface area contributed by atoms with Gasteiger partial charge in [0.2, 0.25) is 0 Å². The molecule has 2 rings (SSSR count). The number of nitrogens with zero attached hydrogens (tertiary/aromatic N) is 2. The number of rotatable bonds is 4. The summed E-state index contributed by atoms with van der Waals surface area (Å²) in [6.45, 7) is 2.70. The second-order valence-corrected chi connectivity index (χ2v) is 3.31. The van der Waals surface area contributed by atoms with Crippen molar-refractivity contribution in [2.75, 3.05) is 6.54 Å². The quantitative estimate of drug-likeness (QED) is 0.567. The zero-order valence-corrected chi connectivity index (χ0v) is 9.21. The fourth-order valence-corrected chi connectivity index (χ4v) is 1.38. The van der Waals surface area contributed by atoms with E-state index in [1.54, 1.807) is 0 Å². The molecule has 0 aliphatic carbocycles. The highest BCUT2D eigenvalue weighted by atomic mass is 16.5. The molecule has 1 aromatic heterocycles. The van der Waals surface area contributed by atoms with Gasteiger partial charge >= 0.3 is 0 Å². The zero-order valence-electron chi connectivity index (χ0n) is 9.21. The first kappa shape index (κ1) is 10.5. The lowest BCUT2D eigenvalue weighted by Gasteiger charge is -2.04. The molecule has 0 bridgehead atoms. The van der Waals surface area contributed by atoms with Gasteiger partial charge in [0.05, 0.1) is 0 Å². The normalized spacial score (nSPS) is 10.8. The molecule has 0 unspecified atom stereocenters. The highest BCUT2D eigenvalue weighted by Crippen LogP contribution is 2.14. The van der Waals surface area contributed by atoms with Crippen molar-refractivity contribution in [1.82, 2.24) is 4.57 Å². The molecule has 0 fully saturated rings. The molecule has 1 heterocycles. The van der Waals surface area contributed by atoms with E-state index < -0.39 is 0 Å². The van der Waals surface area contributed by atoms with Crippen LogP contribution < -0.4 is 4.74 Å². The molecular formula is C13H14N2O. The van der Waals surface area contributed by atoms with E-state index >= 15 is 0 Å². The minimum Gasteiger partial charge on any atom is -0.446 e. The number of hydrogen-bond donors (Lipinski definition) is 0. The van der Waals surface area contributed by atoms with Crippen molar-refractivity contribution in [2.45, 2.75) is 6.92 Å². The Morgan fingerprint density at radius 1 is 1.19 bits per heavy atom. The second kappa shape index (κ2) is 5.16. The lowest BCUT2D eigenvalue weighted by molar-refractivity contribution is 0.571. The summed E-state index contributed by atoms with van der Waals surface area (Å²) in [7, 11) is 0. The van der Waals surface area contributed by atoms with E-state index in [0.29, 0.717) is 0 Å².